The van der Waals surface area contributed by atoms with Crippen LogP contribution in [0, 0.1) is 13.8 Å². The molecule has 6 nitrogen and oxygen atoms in total. The van der Waals surface area contributed by atoms with Gasteiger partial charge in [-0.3, -0.25) is 0 Å². The van der Waals surface area contributed by atoms with E-state index in [1.807, 2.05) is 38.1 Å². The molecular formula is C21H20ClFN6. The zero-order valence-electron chi connectivity index (χ0n) is 16.1. The van der Waals surface area contributed by atoms with E-state index in [4.69, 9.17) is 16.6 Å². The molecule has 1 aliphatic heterocycles. The number of aromatic amines is 1. The first-order chi connectivity index (χ1) is 14.0. The summed E-state index contributed by atoms with van der Waals surface area (Å²) in [5.74, 6) is 0.742. The van der Waals surface area contributed by atoms with Crippen LogP contribution in [0.25, 0.3) is 16.7 Å². The zero-order valence-corrected chi connectivity index (χ0v) is 16.9. The predicted molar refractivity (Wildman–Crippen MR) is 112 cm³/mol. The fourth-order valence-electron chi connectivity index (χ4n) is 4.05. The van der Waals surface area contributed by atoms with Crippen LogP contribution in [0.1, 0.15) is 29.4 Å². The van der Waals surface area contributed by atoms with Crippen molar-refractivity contribution in [3.8, 4) is 5.69 Å². The molecular weight excluding hydrogens is 391 g/mol. The quantitative estimate of drug-likeness (QED) is 0.531. The van der Waals surface area contributed by atoms with Gasteiger partial charge in [0, 0.05) is 11.4 Å². The van der Waals surface area contributed by atoms with Crippen LogP contribution in [0.4, 0.5) is 10.1 Å². The Labute approximate surface area is 172 Å². The number of aromatic nitrogens is 5. The Kier molecular flexibility index (Phi) is 4.28. The molecule has 2 aromatic heterocycles. The Morgan fingerprint density at radius 3 is 2.69 bits per heavy atom. The maximum atomic E-state index is 14.6. The van der Waals surface area contributed by atoms with Crippen LogP contribution in [0.15, 0.2) is 42.7 Å². The van der Waals surface area contributed by atoms with Gasteiger partial charge >= 0.3 is 0 Å². The highest BCUT2D eigenvalue weighted by Gasteiger charge is 2.37. The molecule has 3 heterocycles. The van der Waals surface area contributed by atoms with Gasteiger partial charge in [0.15, 0.2) is 0 Å². The number of halogens is 2. The van der Waals surface area contributed by atoms with Gasteiger partial charge < -0.3 is 9.88 Å². The Morgan fingerprint density at radius 1 is 1.10 bits per heavy atom. The molecule has 0 radical (unpaired) electrons. The number of benzene rings is 2. The number of aryl methyl sites for hydroxylation is 2. The topological polar surface area (TPSA) is 62.6 Å². The first kappa shape index (κ1) is 18.1. The fourth-order valence-corrected chi connectivity index (χ4v) is 4.20. The van der Waals surface area contributed by atoms with E-state index in [2.05, 4.69) is 26.1 Å². The van der Waals surface area contributed by atoms with E-state index in [-0.39, 0.29) is 6.04 Å². The highest BCUT2D eigenvalue weighted by molar-refractivity contribution is 6.32. The third-order valence-corrected chi connectivity index (χ3v) is 5.91. The molecule has 0 amide bonds. The lowest BCUT2D eigenvalue weighted by Crippen LogP contribution is -2.26. The Morgan fingerprint density at radius 2 is 1.90 bits per heavy atom. The summed E-state index contributed by atoms with van der Waals surface area (Å²) in [4.78, 5) is 11.8. The lowest BCUT2D eigenvalue weighted by Gasteiger charge is -2.27. The summed E-state index contributed by atoms with van der Waals surface area (Å²) in [6.45, 7) is 4.26. The number of hydrogen-bond donors (Lipinski definition) is 1. The second-order valence-electron chi connectivity index (χ2n) is 7.50. The van der Waals surface area contributed by atoms with E-state index in [0.717, 1.165) is 39.4 Å². The normalized spacial score (nSPS) is 19.4. The maximum absolute atomic E-state index is 14.6. The SMILES string of the molecule is Cc1ccc(-n2nccn2)c(N2C[C@@H](F)C[C@H]2c2nc3c(C)c(Cl)ccc3[nH]2)c1. The number of hydrogen-bond acceptors (Lipinski definition) is 4. The summed E-state index contributed by atoms with van der Waals surface area (Å²) in [7, 11) is 0. The lowest BCUT2D eigenvalue weighted by atomic mass is 10.1. The van der Waals surface area contributed by atoms with E-state index in [1.165, 1.54) is 0 Å². The van der Waals surface area contributed by atoms with Gasteiger partial charge in [0.1, 0.15) is 17.7 Å². The Bertz CT molecular complexity index is 1190. The van der Waals surface area contributed by atoms with Crippen LogP contribution in [0.5, 0.6) is 0 Å². The summed E-state index contributed by atoms with van der Waals surface area (Å²) in [5.41, 5.74) is 5.45. The molecule has 1 saturated heterocycles. The van der Waals surface area contributed by atoms with Gasteiger partial charge in [0.2, 0.25) is 0 Å². The molecule has 5 rings (SSSR count). The van der Waals surface area contributed by atoms with Crippen LogP contribution < -0.4 is 4.90 Å². The Hall–Kier alpha value is -2.93. The molecule has 4 aromatic rings. The van der Waals surface area contributed by atoms with Crippen molar-refractivity contribution in [2.24, 2.45) is 0 Å². The van der Waals surface area contributed by atoms with E-state index in [9.17, 15) is 4.39 Å². The van der Waals surface area contributed by atoms with Crippen molar-refractivity contribution in [1.82, 2.24) is 25.0 Å². The summed E-state index contributed by atoms with van der Waals surface area (Å²) < 4.78 is 14.6. The average molecular weight is 411 g/mol. The molecule has 0 aliphatic carbocycles. The van der Waals surface area contributed by atoms with Crippen molar-refractivity contribution in [2.45, 2.75) is 32.5 Å². The minimum absolute atomic E-state index is 0.216. The maximum Gasteiger partial charge on any atom is 0.130 e. The van der Waals surface area contributed by atoms with E-state index in [1.54, 1.807) is 17.2 Å². The second kappa shape index (κ2) is 6.84. The van der Waals surface area contributed by atoms with Crippen LogP contribution in [0.3, 0.4) is 0 Å². The van der Waals surface area contributed by atoms with E-state index >= 15 is 0 Å². The lowest BCUT2D eigenvalue weighted by molar-refractivity contribution is 0.355. The molecule has 1 N–H and O–H groups in total. The summed E-state index contributed by atoms with van der Waals surface area (Å²) >= 11 is 6.26. The molecule has 148 valence electrons. The number of imidazole rings is 1. The van der Waals surface area contributed by atoms with Crippen LogP contribution in [0.2, 0.25) is 5.02 Å². The third-order valence-electron chi connectivity index (χ3n) is 5.50. The van der Waals surface area contributed by atoms with Gasteiger partial charge in [0.25, 0.3) is 0 Å². The largest absolute Gasteiger partial charge is 0.357 e. The Balaban J connectivity index is 1.63. The molecule has 8 heteroatoms. The minimum Gasteiger partial charge on any atom is -0.357 e. The number of rotatable bonds is 3. The van der Waals surface area contributed by atoms with Crippen molar-refractivity contribution in [3.05, 3.63) is 64.7 Å². The number of nitrogens with one attached hydrogen (secondary N) is 1. The number of H-pyrrole nitrogens is 1. The minimum atomic E-state index is -0.947. The first-order valence-corrected chi connectivity index (χ1v) is 9.92. The number of fused-ring (bicyclic) bond motifs is 1. The van der Waals surface area contributed by atoms with Crippen LogP contribution >= 0.6 is 11.6 Å². The smallest absolute Gasteiger partial charge is 0.130 e. The predicted octanol–water partition coefficient (Wildman–Crippen LogP) is 4.70. The standard InChI is InChI=1S/C21H20ClFN6/c1-12-3-6-17(29-24-7-8-25-29)18(9-12)28-11-14(23)10-19(28)21-26-16-5-4-15(22)13(2)20(16)27-21/h3-9,14,19H,10-11H2,1-2H3,(H,26,27)/t14-,19-/m0/s1. The molecule has 0 bridgehead atoms. The van der Waals surface area contributed by atoms with Gasteiger partial charge in [-0.05, 0) is 49.2 Å². The van der Waals surface area contributed by atoms with E-state index in [0.29, 0.717) is 18.0 Å². The molecule has 1 fully saturated rings. The van der Waals surface area contributed by atoms with Gasteiger partial charge in [-0.1, -0.05) is 17.7 Å². The highest BCUT2D eigenvalue weighted by atomic mass is 35.5. The average Bonchev–Trinajstić information content (AvgIpc) is 3.44. The van der Waals surface area contributed by atoms with Gasteiger partial charge in [-0.15, -0.1) is 4.80 Å². The second-order valence-corrected chi connectivity index (χ2v) is 7.91. The first-order valence-electron chi connectivity index (χ1n) is 9.54. The van der Waals surface area contributed by atoms with Crippen LogP contribution in [-0.2, 0) is 0 Å². The fraction of sp³-hybridized carbons (Fsp3) is 0.286. The van der Waals surface area contributed by atoms with Crippen LogP contribution in [-0.4, -0.2) is 37.7 Å². The van der Waals surface area contributed by atoms with E-state index < -0.39 is 6.17 Å². The number of nitrogens with zero attached hydrogens (tertiary/aromatic N) is 5. The summed E-state index contributed by atoms with van der Waals surface area (Å²) in [5, 5.41) is 9.21. The molecule has 0 spiro atoms. The zero-order chi connectivity index (χ0) is 20.1. The van der Waals surface area contributed by atoms with Gasteiger partial charge in [0.05, 0.1) is 41.7 Å². The van der Waals surface area contributed by atoms with Crippen molar-refractivity contribution in [2.75, 3.05) is 11.4 Å². The molecule has 0 unspecified atom stereocenters. The monoisotopic (exact) mass is 410 g/mol. The summed E-state index contributed by atoms with van der Waals surface area (Å²) in [6, 6.07) is 9.58. The number of alkyl halides is 1. The van der Waals surface area contributed by atoms with Crippen molar-refractivity contribution in [1.29, 1.82) is 0 Å². The summed E-state index contributed by atoms with van der Waals surface area (Å²) in [6.07, 6.45) is 2.69. The molecule has 1 aliphatic rings. The van der Waals surface area contributed by atoms with Crippen molar-refractivity contribution in [3.63, 3.8) is 0 Å². The third kappa shape index (κ3) is 3.06. The molecule has 0 saturated carbocycles. The molecule has 29 heavy (non-hydrogen) atoms. The highest BCUT2D eigenvalue weighted by Crippen LogP contribution is 2.40. The molecule has 2 atom stereocenters. The number of anilines is 1. The van der Waals surface area contributed by atoms with Crippen molar-refractivity contribution >= 4 is 28.3 Å². The van der Waals surface area contributed by atoms with Crippen molar-refractivity contribution < 1.29 is 4.39 Å². The van der Waals surface area contributed by atoms with Gasteiger partial charge in [-0.2, -0.15) is 10.2 Å². The van der Waals surface area contributed by atoms with Gasteiger partial charge in [-0.25, -0.2) is 9.37 Å². The molecule has 2 aromatic carbocycles.